The Morgan fingerprint density at radius 1 is 1.42 bits per heavy atom. The van der Waals surface area contributed by atoms with Crippen LogP contribution in [-0.4, -0.2) is 40.6 Å². The zero-order chi connectivity index (χ0) is 14.1. The third-order valence-corrected chi connectivity index (χ3v) is 3.61. The monoisotopic (exact) mass is 285 g/mol. The predicted octanol–water partition coefficient (Wildman–Crippen LogP) is 2.17. The number of hydrogen-bond donors (Lipinski definition) is 2. The molecule has 1 heterocycles. The number of ether oxygens (including phenoxy) is 1. The van der Waals surface area contributed by atoms with Crippen molar-refractivity contribution in [2.24, 2.45) is 5.92 Å². The van der Waals surface area contributed by atoms with Crippen LogP contribution in [0.2, 0.25) is 0 Å². The van der Waals surface area contributed by atoms with Gasteiger partial charge in [0.15, 0.2) is 5.82 Å². The van der Waals surface area contributed by atoms with Crippen LogP contribution in [0.3, 0.4) is 0 Å². The fourth-order valence-electron chi connectivity index (χ4n) is 1.36. The molecule has 0 aliphatic rings. The summed E-state index contributed by atoms with van der Waals surface area (Å²) < 4.78 is 5.35. The summed E-state index contributed by atoms with van der Waals surface area (Å²) in [5, 5.41) is 13.2. The molecule has 0 fully saturated rings. The lowest BCUT2D eigenvalue weighted by atomic mass is 10.2. The number of rotatable bonds is 9. The average Bonchev–Trinajstić information content (AvgIpc) is 2.42. The van der Waals surface area contributed by atoms with Gasteiger partial charge >= 0.3 is 0 Å². The molecule has 1 unspecified atom stereocenters. The van der Waals surface area contributed by atoms with Gasteiger partial charge in [0.1, 0.15) is 17.5 Å². The van der Waals surface area contributed by atoms with Crippen LogP contribution in [0.1, 0.15) is 26.6 Å². The molecule has 5 nitrogen and oxygen atoms in total. The molecule has 0 aromatic carbocycles. The fraction of sp³-hybridized carbons (Fsp3) is 0.692. The zero-order valence-electron chi connectivity index (χ0n) is 11.8. The van der Waals surface area contributed by atoms with E-state index in [0.29, 0.717) is 19.0 Å². The van der Waals surface area contributed by atoms with Crippen molar-refractivity contribution in [3.8, 4) is 0 Å². The van der Waals surface area contributed by atoms with Crippen molar-refractivity contribution in [1.29, 1.82) is 0 Å². The van der Waals surface area contributed by atoms with Gasteiger partial charge in [-0.15, -0.1) is 11.8 Å². The van der Waals surface area contributed by atoms with Gasteiger partial charge in [0, 0.05) is 31.6 Å². The quantitative estimate of drug-likeness (QED) is 0.535. The molecule has 1 rings (SSSR count). The first-order valence-corrected chi connectivity index (χ1v) is 7.61. The van der Waals surface area contributed by atoms with E-state index in [-0.39, 0.29) is 12.5 Å². The zero-order valence-corrected chi connectivity index (χ0v) is 12.7. The van der Waals surface area contributed by atoms with Gasteiger partial charge in [-0.25, -0.2) is 9.97 Å². The number of aromatic nitrogens is 2. The van der Waals surface area contributed by atoms with Crippen LogP contribution >= 0.6 is 11.8 Å². The van der Waals surface area contributed by atoms with Crippen LogP contribution in [0.15, 0.2) is 11.1 Å². The number of nitrogens with one attached hydrogen (secondary N) is 1. The fourth-order valence-corrected chi connectivity index (χ4v) is 2.28. The largest absolute Gasteiger partial charge is 0.396 e. The van der Waals surface area contributed by atoms with Gasteiger partial charge < -0.3 is 15.2 Å². The Morgan fingerprint density at radius 3 is 2.84 bits per heavy atom. The smallest absolute Gasteiger partial charge is 0.157 e. The highest BCUT2D eigenvalue weighted by Crippen LogP contribution is 2.21. The van der Waals surface area contributed by atoms with Crippen molar-refractivity contribution in [1.82, 2.24) is 9.97 Å². The number of thioether (sulfide) groups is 1. The van der Waals surface area contributed by atoms with E-state index >= 15 is 0 Å². The van der Waals surface area contributed by atoms with Crippen LogP contribution in [0, 0.1) is 5.92 Å². The maximum absolute atomic E-state index is 9.04. The van der Waals surface area contributed by atoms with E-state index in [0.717, 1.165) is 23.1 Å². The van der Waals surface area contributed by atoms with E-state index in [1.807, 2.05) is 26.8 Å². The molecule has 108 valence electrons. The third-order valence-electron chi connectivity index (χ3n) is 2.37. The van der Waals surface area contributed by atoms with Gasteiger partial charge in [0.25, 0.3) is 0 Å². The summed E-state index contributed by atoms with van der Waals surface area (Å²) in [5.74, 6) is 2.62. The first-order chi connectivity index (χ1) is 9.19. The van der Waals surface area contributed by atoms with Crippen molar-refractivity contribution in [3.63, 3.8) is 0 Å². The first kappa shape index (κ1) is 16.2. The summed E-state index contributed by atoms with van der Waals surface area (Å²) in [6.07, 6.45) is 0. The van der Waals surface area contributed by atoms with Gasteiger partial charge in [-0.05, 0) is 19.8 Å². The molecule has 1 aromatic rings. The lowest BCUT2D eigenvalue weighted by molar-refractivity contribution is 0.128. The van der Waals surface area contributed by atoms with Crippen molar-refractivity contribution < 1.29 is 9.84 Å². The molecule has 0 spiro atoms. The summed E-state index contributed by atoms with van der Waals surface area (Å²) in [5.41, 5.74) is 0. The minimum atomic E-state index is 0.198. The molecule has 1 atom stereocenters. The Hall–Kier alpha value is -0.850. The summed E-state index contributed by atoms with van der Waals surface area (Å²) in [6.45, 7) is 8.10. The lowest BCUT2D eigenvalue weighted by Gasteiger charge is -2.10. The van der Waals surface area contributed by atoms with E-state index in [1.165, 1.54) is 0 Å². The van der Waals surface area contributed by atoms with Gasteiger partial charge in [0.05, 0.1) is 0 Å². The highest BCUT2D eigenvalue weighted by Gasteiger charge is 2.07. The highest BCUT2D eigenvalue weighted by atomic mass is 32.2. The standard InChI is InChI=1S/C13H23N3O2S/c1-4-14-11-6-13(19-9-10(3)7-17)16-12(15-11)8-18-5-2/h6,10,17H,4-5,7-9H2,1-3H3,(H,14,15,16). The van der Waals surface area contributed by atoms with Crippen LogP contribution in [0.25, 0.3) is 0 Å². The molecule has 0 aliphatic carbocycles. The molecule has 0 bridgehead atoms. The van der Waals surface area contributed by atoms with E-state index < -0.39 is 0 Å². The number of aliphatic hydroxyl groups is 1. The van der Waals surface area contributed by atoms with E-state index in [9.17, 15) is 0 Å². The highest BCUT2D eigenvalue weighted by molar-refractivity contribution is 7.99. The van der Waals surface area contributed by atoms with Gasteiger partial charge in [0.2, 0.25) is 0 Å². The van der Waals surface area contributed by atoms with Crippen molar-refractivity contribution in [3.05, 3.63) is 11.9 Å². The Bertz CT molecular complexity index is 377. The Morgan fingerprint density at radius 2 is 2.21 bits per heavy atom. The van der Waals surface area contributed by atoms with E-state index in [1.54, 1.807) is 11.8 Å². The Labute approximate surface area is 119 Å². The van der Waals surface area contributed by atoms with E-state index in [4.69, 9.17) is 9.84 Å². The summed E-state index contributed by atoms with van der Waals surface area (Å²) in [4.78, 5) is 8.86. The van der Waals surface area contributed by atoms with Crippen molar-refractivity contribution in [2.75, 3.05) is 30.8 Å². The van der Waals surface area contributed by atoms with Crippen molar-refractivity contribution in [2.45, 2.75) is 32.4 Å². The first-order valence-electron chi connectivity index (χ1n) is 6.62. The number of nitrogens with zero attached hydrogens (tertiary/aromatic N) is 2. The molecular formula is C13H23N3O2S. The van der Waals surface area contributed by atoms with Crippen LogP contribution in [0.4, 0.5) is 5.82 Å². The molecule has 2 N–H and O–H groups in total. The number of anilines is 1. The average molecular weight is 285 g/mol. The second kappa shape index (κ2) is 9.12. The van der Waals surface area contributed by atoms with Gasteiger partial charge in [-0.3, -0.25) is 0 Å². The number of hydrogen-bond acceptors (Lipinski definition) is 6. The third kappa shape index (κ3) is 6.22. The molecular weight excluding hydrogens is 262 g/mol. The Kier molecular flexibility index (Phi) is 7.78. The normalized spacial score (nSPS) is 12.4. The van der Waals surface area contributed by atoms with Crippen LogP contribution in [-0.2, 0) is 11.3 Å². The molecule has 0 saturated heterocycles. The van der Waals surface area contributed by atoms with Gasteiger partial charge in [-0.1, -0.05) is 6.92 Å². The maximum atomic E-state index is 9.04. The summed E-state index contributed by atoms with van der Waals surface area (Å²) in [7, 11) is 0. The summed E-state index contributed by atoms with van der Waals surface area (Å²) >= 11 is 1.63. The van der Waals surface area contributed by atoms with Crippen LogP contribution in [0.5, 0.6) is 0 Å². The minimum absolute atomic E-state index is 0.198. The maximum Gasteiger partial charge on any atom is 0.157 e. The SMILES string of the molecule is CCNc1cc(SCC(C)CO)nc(COCC)n1. The minimum Gasteiger partial charge on any atom is -0.396 e. The lowest BCUT2D eigenvalue weighted by Crippen LogP contribution is -2.07. The van der Waals surface area contributed by atoms with Crippen molar-refractivity contribution >= 4 is 17.6 Å². The topological polar surface area (TPSA) is 67.3 Å². The molecule has 0 aliphatic heterocycles. The number of aliphatic hydroxyl groups excluding tert-OH is 1. The second-order valence-electron chi connectivity index (χ2n) is 4.27. The molecule has 0 amide bonds. The van der Waals surface area contributed by atoms with Gasteiger partial charge in [-0.2, -0.15) is 0 Å². The molecule has 0 radical (unpaired) electrons. The van der Waals surface area contributed by atoms with Crippen LogP contribution < -0.4 is 5.32 Å². The predicted molar refractivity (Wildman–Crippen MR) is 78.5 cm³/mol. The Balaban J connectivity index is 2.73. The molecule has 19 heavy (non-hydrogen) atoms. The molecule has 0 saturated carbocycles. The van der Waals surface area contributed by atoms with E-state index in [2.05, 4.69) is 15.3 Å². The molecule has 1 aromatic heterocycles. The summed E-state index contributed by atoms with van der Waals surface area (Å²) in [6, 6.07) is 1.94. The second-order valence-corrected chi connectivity index (χ2v) is 5.31. The molecule has 6 heteroatoms.